The second-order valence-electron chi connectivity index (χ2n) is 9.68. The number of hydrogen-bond acceptors (Lipinski definition) is 9. The minimum atomic E-state index is -4.26. The lowest BCUT2D eigenvalue weighted by atomic mass is 10.1. The van der Waals surface area contributed by atoms with Crippen molar-refractivity contribution in [2.75, 3.05) is 17.6 Å². The first kappa shape index (κ1) is 29.6. The van der Waals surface area contributed by atoms with Gasteiger partial charge in [0.1, 0.15) is 34.3 Å². The maximum atomic E-state index is 13.0. The Balaban J connectivity index is 1.59. The molecule has 5 atom stereocenters. The molecular weight excluding hydrogens is 592 g/mol. The molecule has 2 aliphatic heterocycles. The molecule has 212 valence electrons. The molecule has 1 fully saturated rings. The number of carboxylic acid groups (broad SMARTS) is 1. The number of primary sulfonamides is 1. The number of fused-ring (bicyclic) bond motifs is 1. The van der Waals surface area contributed by atoms with Crippen molar-refractivity contribution in [2.24, 2.45) is 11.1 Å². The summed E-state index contributed by atoms with van der Waals surface area (Å²) in [5, 5.41) is 17.9. The van der Waals surface area contributed by atoms with E-state index >= 15 is 0 Å². The fourth-order valence-electron chi connectivity index (χ4n) is 4.96. The van der Waals surface area contributed by atoms with Gasteiger partial charge in [0.15, 0.2) is 6.10 Å². The van der Waals surface area contributed by atoms with E-state index in [4.69, 9.17) is 21.5 Å². The number of nitrogens with zero attached hydrogens (tertiary/aromatic N) is 1. The molecule has 0 spiro atoms. The van der Waals surface area contributed by atoms with Crippen LogP contribution in [0.25, 0.3) is 0 Å². The van der Waals surface area contributed by atoms with E-state index in [9.17, 15) is 31.5 Å². The van der Waals surface area contributed by atoms with E-state index in [1.807, 2.05) is 0 Å². The fourth-order valence-corrected chi connectivity index (χ4v) is 7.61. The van der Waals surface area contributed by atoms with Crippen molar-refractivity contribution in [1.29, 1.82) is 0 Å². The van der Waals surface area contributed by atoms with E-state index in [2.05, 4.69) is 22.7 Å². The number of benzene rings is 2. The Labute approximate surface area is 236 Å². The molecule has 2 heterocycles. The summed E-state index contributed by atoms with van der Waals surface area (Å²) in [6.07, 6.45) is -2.48. The first-order valence-electron chi connectivity index (χ1n) is 11.8. The standard InChI is InChI=1S/C23H27ClN4O8S3/c1-12(11-37)22(29)28(23(30)31)10-16(6-13(28)2)36-15-5-3-4-14(7-15)21-26-18-8-17(24)19(38(25,32)33)9-20(18)39(34,35)27-21/h3-5,7-9,12-13,16,21,26-27H,6,10-11H2,1-2H3,(H3-,25,30,31,32,33,37)/p+1/t12?,13?,16-,21?,28-/m0/s1. The number of carbonyl (C=O) groups is 2. The van der Waals surface area contributed by atoms with Crippen molar-refractivity contribution in [2.45, 2.75) is 48.4 Å². The minimum absolute atomic E-state index is 0.0652. The van der Waals surface area contributed by atoms with E-state index < -0.39 is 65.7 Å². The third-order valence-electron chi connectivity index (χ3n) is 6.98. The van der Waals surface area contributed by atoms with Crippen LogP contribution in [0.5, 0.6) is 5.75 Å². The lowest BCUT2D eigenvalue weighted by molar-refractivity contribution is -0.795. The first-order chi connectivity index (χ1) is 18.1. The lowest BCUT2D eigenvalue weighted by Crippen LogP contribution is -2.61. The Morgan fingerprint density at radius 3 is 2.62 bits per heavy atom. The van der Waals surface area contributed by atoms with Crippen LogP contribution in [0.15, 0.2) is 46.2 Å². The molecular formula is C23H28ClN4O8S3+. The smallest absolute Gasteiger partial charge is 0.484 e. The number of imide groups is 1. The number of rotatable bonds is 6. The first-order valence-corrected chi connectivity index (χ1v) is 15.8. The number of carbonyl (C=O) groups excluding carboxylic acids is 1. The van der Waals surface area contributed by atoms with Gasteiger partial charge in [0.25, 0.3) is 0 Å². The van der Waals surface area contributed by atoms with Crippen LogP contribution in [0.3, 0.4) is 0 Å². The molecule has 5 N–H and O–H groups in total. The van der Waals surface area contributed by atoms with Crippen molar-refractivity contribution in [3.05, 3.63) is 47.0 Å². The molecule has 2 aromatic carbocycles. The van der Waals surface area contributed by atoms with Gasteiger partial charge in [-0.1, -0.05) is 23.7 Å². The SMILES string of the molecule is CC(CS)C(=O)[N@+]1(C(=O)O)C[C@@H](Oc2cccc(C3Nc4cc(Cl)c(S(N)(=O)=O)cc4S(=O)(=O)N3)c2)CC1C. The summed E-state index contributed by atoms with van der Waals surface area (Å²) in [5.41, 5.74) is 0.533. The van der Waals surface area contributed by atoms with Crippen LogP contribution in [0.2, 0.25) is 5.02 Å². The van der Waals surface area contributed by atoms with Gasteiger partial charge >= 0.3 is 12.0 Å². The Kier molecular flexibility index (Phi) is 7.99. The third-order valence-corrected chi connectivity index (χ3v) is 10.4. The van der Waals surface area contributed by atoms with Crippen LogP contribution in [-0.4, -0.2) is 62.9 Å². The van der Waals surface area contributed by atoms with E-state index in [0.717, 1.165) is 6.07 Å². The third kappa shape index (κ3) is 5.49. The Morgan fingerprint density at radius 2 is 2.00 bits per heavy atom. The molecule has 0 aliphatic carbocycles. The molecule has 2 aromatic rings. The number of thiol groups is 1. The van der Waals surface area contributed by atoms with Crippen molar-refractivity contribution in [1.82, 2.24) is 4.72 Å². The van der Waals surface area contributed by atoms with E-state index in [1.54, 1.807) is 38.1 Å². The fraction of sp³-hybridized carbons (Fsp3) is 0.391. The largest absolute Gasteiger partial charge is 0.521 e. The summed E-state index contributed by atoms with van der Waals surface area (Å²) < 4.78 is 57.3. The highest BCUT2D eigenvalue weighted by Gasteiger charge is 2.58. The highest BCUT2D eigenvalue weighted by atomic mass is 35.5. The van der Waals surface area contributed by atoms with Crippen LogP contribution < -0.4 is 19.9 Å². The normalized spacial score (nSPS) is 26.7. The number of amides is 2. The summed E-state index contributed by atoms with van der Waals surface area (Å²) in [5.74, 6) is -0.432. The highest BCUT2D eigenvalue weighted by Crippen LogP contribution is 2.38. The summed E-state index contributed by atoms with van der Waals surface area (Å²) in [6.45, 7) is 3.27. The Hall–Kier alpha value is -2.40. The average molecular weight is 620 g/mol. The molecule has 0 aromatic heterocycles. The highest BCUT2D eigenvalue weighted by molar-refractivity contribution is 7.90. The van der Waals surface area contributed by atoms with Crippen LogP contribution in [-0.2, 0) is 24.8 Å². The second kappa shape index (κ2) is 10.5. The Morgan fingerprint density at radius 1 is 1.31 bits per heavy atom. The molecule has 2 amide bonds. The maximum Gasteiger partial charge on any atom is 0.521 e. The van der Waals surface area contributed by atoms with Gasteiger partial charge in [0.05, 0.1) is 16.6 Å². The lowest BCUT2D eigenvalue weighted by Gasteiger charge is -2.31. The average Bonchev–Trinajstić information content (AvgIpc) is 3.17. The Bertz CT molecular complexity index is 1550. The van der Waals surface area contributed by atoms with E-state index in [-0.39, 0.29) is 27.9 Å². The number of sulfonamides is 2. The number of ether oxygens (including phenoxy) is 1. The summed E-state index contributed by atoms with van der Waals surface area (Å²) in [7, 11) is -8.43. The second-order valence-corrected chi connectivity index (χ2v) is 13.7. The van der Waals surface area contributed by atoms with Gasteiger partial charge in [-0.2, -0.15) is 26.6 Å². The number of quaternary nitrogens is 1. The molecule has 39 heavy (non-hydrogen) atoms. The van der Waals surface area contributed by atoms with Crippen LogP contribution in [0.4, 0.5) is 10.5 Å². The van der Waals surface area contributed by atoms with Crippen LogP contribution in [0, 0.1) is 5.92 Å². The van der Waals surface area contributed by atoms with Gasteiger partial charge < -0.3 is 15.2 Å². The number of halogens is 1. The van der Waals surface area contributed by atoms with Gasteiger partial charge in [-0.05, 0) is 43.7 Å². The molecule has 0 saturated carbocycles. The zero-order valence-corrected chi connectivity index (χ0v) is 24.1. The maximum absolute atomic E-state index is 13.0. The minimum Gasteiger partial charge on any atom is -0.484 e. The van der Waals surface area contributed by atoms with Crippen molar-refractivity contribution >= 4 is 62.0 Å². The predicted octanol–water partition coefficient (Wildman–Crippen LogP) is 2.52. The van der Waals surface area contributed by atoms with Crippen molar-refractivity contribution in [3.8, 4) is 5.75 Å². The van der Waals surface area contributed by atoms with Gasteiger partial charge in [-0.15, -0.1) is 0 Å². The van der Waals surface area contributed by atoms with Crippen LogP contribution >= 0.6 is 24.2 Å². The van der Waals surface area contributed by atoms with Gasteiger partial charge in [0.2, 0.25) is 20.0 Å². The monoisotopic (exact) mass is 619 g/mol. The number of nitrogens with one attached hydrogen (secondary N) is 2. The van der Waals surface area contributed by atoms with Crippen LogP contribution in [0.1, 0.15) is 32.0 Å². The zero-order chi connectivity index (χ0) is 28.9. The van der Waals surface area contributed by atoms with Gasteiger partial charge in [0, 0.05) is 12.2 Å². The van der Waals surface area contributed by atoms with Gasteiger partial charge in [-0.3, -0.25) is 0 Å². The van der Waals surface area contributed by atoms with Crippen molar-refractivity contribution < 1.29 is 40.8 Å². The molecule has 3 unspecified atom stereocenters. The predicted molar refractivity (Wildman–Crippen MR) is 146 cm³/mol. The van der Waals surface area contributed by atoms with Gasteiger partial charge in [-0.25, -0.2) is 26.8 Å². The number of likely N-dealkylation sites (tertiary alicyclic amines) is 1. The molecule has 0 bridgehead atoms. The van der Waals surface area contributed by atoms with Crippen molar-refractivity contribution in [3.63, 3.8) is 0 Å². The number of hydrogen-bond donors (Lipinski definition) is 5. The quantitative estimate of drug-likeness (QED) is 0.240. The van der Waals surface area contributed by atoms with E-state index in [0.29, 0.717) is 17.7 Å². The number of nitrogens with two attached hydrogens (primary N) is 1. The molecule has 1 saturated heterocycles. The topological polar surface area (TPSA) is 182 Å². The summed E-state index contributed by atoms with van der Waals surface area (Å²) in [6, 6.07) is 8.05. The zero-order valence-electron chi connectivity index (χ0n) is 20.9. The molecule has 4 rings (SSSR count). The molecule has 2 aliphatic rings. The molecule has 12 nitrogen and oxygen atoms in total. The molecule has 0 radical (unpaired) electrons. The summed E-state index contributed by atoms with van der Waals surface area (Å²) in [4.78, 5) is 24.4. The summed E-state index contributed by atoms with van der Waals surface area (Å²) >= 11 is 10.2. The number of anilines is 1. The molecule has 16 heteroatoms. The van der Waals surface area contributed by atoms with E-state index in [1.165, 1.54) is 6.07 Å².